The predicted octanol–water partition coefficient (Wildman–Crippen LogP) is 4.43. The molecule has 172 valence electrons. The molecule has 0 atom stereocenters. The van der Waals surface area contributed by atoms with Gasteiger partial charge >= 0.3 is 12.1 Å². The summed E-state index contributed by atoms with van der Waals surface area (Å²) in [4.78, 5) is 34.1. The van der Waals surface area contributed by atoms with Gasteiger partial charge in [0.25, 0.3) is 6.43 Å². The maximum atomic E-state index is 13.4. The highest BCUT2D eigenvalue weighted by molar-refractivity contribution is 5.85. The van der Waals surface area contributed by atoms with Crippen LogP contribution in [0.2, 0.25) is 0 Å². The summed E-state index contributed by atoms with van der Waals surface area (Å²) < 4.78 is 55.8. The van der Waals surface area contributed by atoms with Crippen LogP contribution in [0, 0.1) is 5.82 Å². The van der Waals surface area contributed by atoms with Gasteiger partial charge in [-0.3, -0.25) is 0 Å². The molecule has 2 aromatic rings. The fourth-order valence-corrected chi connectivity index (χ4v) is 3.03. The lowest BCUT2D eigenvalue weighted by atomic mass is 10.1. The van der Waals surface area contributed by atoms with Gasteiger partial charge < -0.3 is 19.1 Å². The Bertz CT molecular complexity index is 1040. The van der Waals surface area contributed by atoms with Gasteiger partial charge in [0.1, 0.15) is 17.2 Å². The van der Waals surface area contributed by atoms with Crippen molar-refractivity contribution in [2.45, 2.75) is 45.8 Å². The molecular weight excluding hydrogens is 431 g/mol. The number of alkyl halides is 2. The van der Waals surface area contributed by atoms with Crippen LogP contribution >= 0.6 is 0 Å². The van der Waals surface area contributed by atoms with Crippen molar-refractivity contribution in [3.8, 4) is 11.6 Å². The van der Waals surface area contributed by atoms with Gasteiger partial charge in [0.2, 0.25) is 11.7 Å². The van der Waals surface area contributed by atoms with Crippen LogP contribution in [-0.2, 0) is 22.4 Å². The highest BCUT2D eigenvalue weighted by Crippen LogP contribution is 2.35. The minimum atomic E-state index is -3.00. The Balaban J connectivity index is 2.00. The number of amides is 1. The standard InChI is InChI=1S/C21H22F3N3O5/c1-21(2,3)32-20(29)27-8-7-12-14(10-27)25-17(19(28)30-4)26-18(12)31-15-6-5-11(22)9-13(15)16(23)24/h5-6,9,16H,7-8,10H2,1-4H3. The molecule has 0 bridgehead atoms. The van der Waals surface area contributed by atoms with Gasteiger partial charge in [0, 0.05) is 12.1 Å². The van der Waals surface area contributed by atoms with Crippen LogP contribution in [0.5, 0.6) is 11.6 Å². The molecule has 1 amide bonds. The zero-order valence-electron chi connectivity index (χ0n) is 17.9. The maximum absolute atomic E-state index is 13.4. The number of nitrogens with zero attached hydrogens (tertiary/aromatic N) is 3. The highest BCUT2D eigenvalue weighted by Gasteiger charge is 2.31. The molecule has 0 saturated heterocycles. The second kappa shape index (κ2) is 9.01. The molecule has 2 heterocycles. The zero-order chi connectivity index (χ0) is 23.6. The van der Waals surface area contributed by atoms with Gasteiger partial charge in [0.05, 0.1) is 24.9 Å². The van der Waals surface area contributed by atoms with Crippen LogP contribution in [0.3, 0.4) is 0 Å². The number of hydrogen-bond acceptors (Lipinski definition) is 7. The van der Waals surface area contributed by atoms with Crippen LogP contribution < -0.4 is 4.74 Å². The molecule has 1 aliphatic heterocycles. The van der Waals surface area contributed by atoms with Gasteiger partial charge in [-0.25, -0.2) is 27.7 Å². The summed E-state index contributed by atoms with van der Waals surface area (Å²) in [7, 11) is 1.13. The van der Waals surface area contributed by atoms with Crippen molar-refractivity contribution in [2.24, 2.45) is 0 Å². The van der Waals surface area contributed by atoms with Gasteiger partial charge in [-0.2, -0.15) is 4.98 Å². The van der Waals surface area contributed by atoms with E-state index in [-0.39, 0.29) is 42.7 Å². The summed E-state index contributed by atoms with van der Waals surface area (Å²) >= 11 is 0. The van der Waals surface area contributed by atoms with Crippen LogP contribution in [0.25, 0.3) is 0 Å². The Morgan fingerprint density at radius 3 is 2.53 bits per heavy atom. The number of esters is 1. The number of fused-ring (bicyclic) bond motifs is 1. The molecule has 0 unspecified atom stereocenters. The number of methoxy groups -OCH3 is 1. The third-order valence-electron chi connectivity index (χ3n) is 4.46. The van der Waals surface area contributed by atoms with E-state index in [0.29, 0.717) is 11.6 Å². The first-order chi connectivity index (χ1) is 15.0. The number of rotatable bonds is 4. The predicted molar refractivity (Wildman–Crippen MR) is 105 cm³/mol. The molecule has 0 N–H and O–H groups in total. The maximum Gasteiger partial charge on any atom is 0.410 e. The van der Waals surface area contributed by atoms with Crippen molar-refractivity contribution in [3.63, 3.8) is 0 Å². The molecule has 0 saturated carbocycles. The van der Waals surface area contributed by atoms with E-state index >= 15 is 0 Å². The van der Waals surface area contributed by atoms with Crippen LogP contribution in [0.1, 0.15) is 54.6 Å². The normalized spacial score (nSPS) is 13.6. The summed E-state index contributed by atoms with van der Waals surface area (Å²) in [5, 5.41) is 0. The van der Waals surface area contributed by atoms with E-state index in [0.717, 1.165) is 19.2 Å². The lowest BCUT2D eigenvalue weighted by molar-refractivity contribution is 0.0219. The fourth-order valence-electron chi connectivity index (χ4n) is 3.03. The molecule has 1 aromatic heterocycles. The largest absolute Gasteiger partial charge is 0.463 e. The van der Waals surface area contributed by atoms with Gasteiger partial charge in [0.15, 0.2) is 0 Å². The summed E-state index contributed by atoms with van der Waals surface area (Å²) in [5.74, 6) is -2.55. The molecule has 3 rings (SSSR count). The molecular formula is C21H22F3N3O5. The van der Waals surface area contributed by atoms with Gasteiger partial charge in [-0.05, 0) is 45.4 Å². The molecule has 32 heavy (non-hydrogen) atoms. The zero-order valence-corrected chi connectivity index (χ0v) is 17.9. The summed E-state index contributed by atoms with van der Waals surface area (Å²) in [6, 6.07) is 2.69. The Morgan fingerprint density at radius 2 is 1.91 bits per heavy atom. The fraction of sp³-hybridized carbons (Fsp3) is 0.429. The number of aromatic nitrogens is 2. The third kappa shape index (κ3) is 5.27. The van der Waals surface area contributed by atoms with E-state index in [1.807, 2.05) is 0 Å². The van der Waals surface area contributed by atoms with Gasteiger partial charge in [-0.15, -0.1) is 0 Å². The van der Waals surface area contributed by atoms with Gasteiger partial charge in [-0.1, -0.05) is 0 Å². The van der Waals surface area contributed by atoms with Crippen molar-refractivity contribution in [3.05, 3.63) is 46.7 Å². The first kappa shape index (κ1) is 23.3. The van der Waals surface area contributed by atoms with Crippen molar-refractivity contribution < 1.29 is 37.0 Å². The minimum absolute atomic E-state index is 0.0156. The highest BCUT2D eigenvalue weighted by atomic mass is 19.3. The van der Waals surface area contributed by atoms with Crippen molar-refractivity contribution in [1.29, 1.82) is 0 Å². The first-order valence-electron chi connectivity index (χ1n) is 9.70. The van der Waals surface area contributed by atoms with E-state index < -0.39 is 35.5 Å². The smallest absolute Gasteiger partial charge is 0.410 e. The minimum Gasteiger partial charge on any atom is -0.463 e. The van der Waals surface area contributed by atoms with E-state index in [9.17, 15) is 22.8 Å². The molecule has 1 aliphatic rings. The Kier molecular flexibility index (Phi) is 6.56. The van der Waals surface area contributed by atoms with E-state index in [1.165, 1.54) is 4.90 Å². The summed E-state index contributed by atoms with van der Waals surface area (Å²) in [6.45, 7) is 5.41. The lowest BCUT2D eigenvalue weighted by Gasteiger charge is -2.31. The number of benzene rings is 1. The quantitative estimate of drug-likeness (QED) is 0.633. The molecule has 0 radical (unpaired) electrons. The molecule has 0 spiro atoms. The van der Waals surface area contributed by atoms with Crippen LogP contribution in [0.15, 0.2) is 18.2 Å². The average molecular weight is 453 g/mol. The monoisotopic (exact) mass is 453 g/mol. The Hall–Kier alpha value is -3.37. The number of halogens is 3. The average Bonchev–Trinajstić information content (AvgIpc) is 2.72. The van der Waals surface area contributed by atoms with E-state index in [1.54, 1.807) is 20.8 Å². The molecule has 0 fully saturated rings. The molecule has 11 heteroatoms. The number of carbonyl (C=O) groups excluding carboxylic acids is 2. The van der Waals surface area contributed by atoms with Crippen LogP contribution in [-0.4, -0.2) is 46.2 Å². The van der Waals surface area contributed by atoms with Crippen LogP contribution in [0.4, 0.5) is 18.0 Å². The molecule has 8 nitrogen and oxygen atoms in total. The second-order valence-electron chi connectivity index (χ2n) is 8.01. The molecule has 0 aliphatic carbocycles. The second-order valence-corrected chi connectivity index (χ2v) is 8.01. The van der Waals surface area contributed by atoms with E-state index in [2.05, 4.69) is 14.7 Å². The lowest BCUT2D eigenvalue weighted by Crippen LogP contribution is -2.40. The number of ether oxygens (including phenoxy) is 3. The van der Waals surface area contributed by atoms with Crippen molar-refractivity contribution in [2.75, 3.05) is 13.7 Å². The van der Waals surface area contributed by atoms with Crippen molar-refractivity contribution >= 4 is 12.1 Å². The topological polar surface area (TPSA) is 90.9 Å². The third-order valence-corrected chi connectivity index (χ3v) is 4.46. The summed E-state index contributed by atoms with van der Waals surface area (Å²) in [6.07, 6.45) is -3.35. The van der Waals surface area contributed by atoms with Crippen molar-refractivity contribution in [1.82, 2.24) is 14.9 Å². The Labute approximate surface area is 182 Å². The first-order valence-corrected chi connectivity index (χ1v) is 9.70. The summed E-state index contributed by atoms with van der Waals surface area (Å²) in [5.41, 5.74) is -0.652. The molecule has 1 aromatic carbocycles. The number of hydrogen-bond donors (Lipinski definition) is 0. The Morgan fingerprint density at radius 1 is 1.19 bits per heavy atom. The number of carbonyl (C=O) groups is 2. The van der Waals surface area contributed by atoms with E-state index in [4.69, 9.17) is 9.47 Å². The SMILES string of the molecule is COC(=O)c1nc2c(c(Oc3ccc(F)cc3C(F)F)n1)CCN(C(=O)OC(C)(C)C)C2.